The number of benzene rings is 1. The Bertz CT molecular complexity index is 730. The molecule has 1 atom stereocenters. The van der Waals surface area contributed by atoms with Gasteiger partial charge in [0.1, 0.15) is 11.6 Å². The number of carbonyl (C=O) groups excluding carboxylic acids is 2. The number of imide groups is 1. The number of fused-ring (bicyclic) bond motifs is 1. The van der Waals surface area contributed by atoms with Crippen LogP contribution in [0, 0.1) is 0 Å². The minimum absolute atomic E-state index is 0.156. The minimum atomic E-state index is -4.53. The molecule has 1 aromatic carbocycles. The van der Waals surface area contributed by atoms with Gasteiger partial charge in [-0.25, -0.2) is 9.78 Å². The van der Waals surface area contributed by atoms with Crippen molar-refractivity contribution in [3.05, 3.63) is 29.3 Å². The Hall–Kier alpha value is -2.20. The van der Waals surface area contributed by atoms with Gasteiger partial charge in [0, 0.05) is 0 Å². The molecule has 0 aliphatic heterocycles. The molecule has 3 amide bonds. The fourth-order valence-electron chi connectivity index (χ4n) is 2.01. The average Bonchev–Trinajstić information content (AvgIpc) is 2.95. The van der Waals surface area contributed by atoms with Gasteiger partial charge in [0.25, 0.3) is 0 Å². The lowest BCUT2D eigenvalue weighted by molar-refractivity contribution is -0.125. The number of nitrogens with one attached hydrogen (secondary N) is 2. The summed E-state index contributed by atoms with van der Waals surface area (Å²) in [5, 5.41) is 4.25. The number of carbonyl (C=O) groups is 2. The van der Waals surface area contributed by atoms with Crippen molar-refractivity contribution in [3.63, 3.8) is 0 Å². The van der Waals surface area contributed by atoms with Crippen LogP contribution >= 0.6 is 11.3 Å². The molecule has 0 bridgehead atoms. The first-order valence-corrected chi connectivity index (χ1v) is 8.17. The van der Waals surface area contributed by atoms with E-state index in [-0.39, 0.29) is 12.6 Å². The van der Waals surface area contributed by atoms with Crippen LogP contribution in [0.1, 0.15) is 18.0 Å². The Kier molecular flexibility index (Phi) is 5.96. The summed E-state index contributed by atoms with van der Waals surface area (Å²) in [7, 11) is 1.67. The highest BCUT2D eigenvalue weighted by Crippen LogP contribution is 2.28. The molecule has 1 aromatic heterocycles. The van der Waals surface area contributed by atoms with Crippen molar-refractivity contribution in [2.75, 3.05) is 20.1 Å². The molecule has 0 fully saturated rings. The molecule has 1 unspecified atom stereocenters. The van der Waals surface area contributed by atoms with Crippen molar-refractivity contribution in [2.24, 2.45) is 0 Å². The summed E-state index contributed by atoms with van der Waals surface area (Å²) < 4.78 is 37.0. The predicted molar refractivity (Wildman–Crippen MR) is 88.3 cm³/mol. The summed E-state index contributed by atoms with van der Waals surface area (Å²) in [6.45, 7) is 0.204. The van der Waals surface area contributed by atoms with Crippen LogP contribution < -0.4 is 10.6 Å². The van der Waals surface area contributed by atoms with Crippen molar-refractivity contribution < 1.29 is 22.8 Å². The number of hydrogen-bond donors (Lipinski definition) is 2. The molecule has 0 spiro atoms. The number of amides is 3. The van der Waals surface area contributed by atoms with Gasteiger partial charge in [-0.15, -0.1) is 11.3 Å². The Morgan fingerprint density at radius 2 is 2.00 bits per heavy atom. The van der Waals surface area contributed by atoms with Gasteiger partial charge in [-0.05, 0) is 26.1 Å². The zero-order chi connectivity index (χ0) is 18.6. The van der Waals surface area contributed by atoms with E-state index in [1.165, 1.54) is 11.3 Å². The van der Waals surface area contributed by atoms with E-state index < -0.39 is 24.7 Å². The van der Waals surface area contributed by atoms with Crippen molar-refractivity contribution >= 4 is 33.5 Å². The lowest BCUT2D eigenvalue weighted by atomic mass is 10.3. The van der Waals surface area contributed by atoms with Crippen LogP contribution in [0.5, 0.6) is 0 Å². The molecular weight excluding hydrogens is 357 g/mol. The second kappa shape index (κ2) is 7.79. The Labute approximate surface area is 146 Å². The first-order valence-electron chi connectivity index (χ1n) is 7.36. The van der Waals surface area contributed by atoms with Crippen LogP contribution in [-0.2, 0) is 4.79 Å². The standard InChI is InChI=1S/C15H17F3N4O2S/c1-9(13-20-10-5-3-4-6-11(10)25-13)22(2)7-12(23)21-14(24)19-8-15(16,17)18/h3-6,9H,7-8H2,1-2H3,(H2,19,21,23,24). The van der Waals surface area contributed by atoms with E-state index >= 15 is 0 Å². The third-order valence-corrected chi connectivity index (χ3v) is 4.63. The molecule has 2 N–H and O–H groups in total. The van der Waals surface area contributed by atoms with Crippen molar-refractivity contribution in [1.29, 1.82) is 0 Å². The second-order valence-electron chi connectivity index (χ2n) is 5.46. The molecule has 0 aliphatic rings. The fourth-order valence-corrected chi connectivity index (χ4v) is 3.10. The number of alkyl halides is 3. The van der Waals surface area contributed by atoms with E-state index in [0.29, 0.717) is 0 Å². The Morgan fingerprint density at radius 3 is 2.64 bits per heavy atom. The molecule has 0 radical (unpaired) electrons. The van der Waals surface area contributed by atoms with Crippen LogP contribution in [0.4, 0.5) is 18.0 Å². The van der Waals surface area contributed by atoms with E-state index in [4.69, 9.17) is 0 Å². The van der Waals surface area contributed by atoms with Gasteiger partial charge in [0.05, 0.1) is 22.8 Å². The van der Waals surface area contributed by atoms with Crippen molar-refractivity contribution in [1.82, 2.24) is 20.5 Å². The first kappa shape index (κ1) is 19.1. The number of para-hydroxylation sites is 1. The lowest BCUT2D eigenvalue weighted by Gasteiger charge is -2.22. The van der Waals surface area contributed by atoms with Crippen LogP contribution in [0.25, 0.3) is 10.2 Å². The topological polar surface area (TPSA) is 74.3 Å². The Morgan fingerprint density at radius 1 is 1.32 bits per heavy atom. The Balaban J connectivity index is 1.88. The highest BCUT2D eigenvalue weighted by molar-refractivity contribution is 7.18. The number of likely N-dealkylation sites (N-methyl/N-ethyl adjacent to an activating group) is 1. The predicted octanol–water partition coefficient (Wildman–Crippen LogP) is 2.68. The third kappa shape index (κ3) is 5.68. The minimum Gasteiger partial charge on any atom is -0.329 e. The molecule has 0 saturated heterocycles. The highest BCUT2D eigenvalue weighted by atomic mass is 32.1. The molecular formula is C15H17F3N4O2S. The van der Waals surface area contributed by atoms with Gasteiger partial charge < -0.3 is 5.32 Å². The van der Waals surface area contributed by atoms with Crippen LogP contribution in [0.3, 0.4) is 0 Å². The SMILES string of the molecule is CC(c1nc2ccccc2s1)N(C)CC(=O)NC(=O)NCC(F)(F)F. The normalized spacial score (nSPS) is 13.0. The number of halogens is 3. The van der Waals surface area contributed by atoms with Gasteiger partial charge in [0.2, 0.25) is 5.91 Å². The van der Waals surface area contributed by atoms with Crippen LogP contribution in [0.2, 0.25) is 0 Å². The van der Waals surface area contributed by atoms with Crippen molar-refractivity contribution in [2.45, 2.75) is 19.1 Å². The molecule has 2 rings (SSSR count). The maximum Gasteiger partial charge on any atom is 0.405 e. The molecule has 1 heterocycles. The largest absolute Gasteiger partial charge is 0.405 e. The monoisotopic (exact) mass is 374 g/mol. The summed E-state index contributed by atoms with van der Waals surface area (Å²) in [4.78, 5) is 29.2. The summed E-state index contributed by atoms with van der Waals surface area (Å²) >= 11 is 1.50. The summed E-state index contributed by atoms with van der Waals surface area (Å²) in [6, 6.07) is 6.25. The van der Waals surface area contributed by atoms with E-state index in [1.807, 2.05) is 36.5 Å². The smallest absolute Gasteiger partial charge is 0.329 e. The zero-order valence-corrected chi connectivity index (χ0v) is 14.4. The highest BCUT2D eigenvalue weighted by Gasteiger charge is 2.28. The second-order valence-corrected chi connectivity index (χ2v) is 6.52. The van der Waals surface area contributed by atoms with E-state index in [2.05, 4.69) is 4.98 Å². The maximum atomic E-state index is 12.0. The first-order chi connectivity index (χ1) is 11.7. The van der Waals surface area contributed by atoms with Gasteiger partial charge in [-0.3, -0.25) is 15.0 Å². The number of urea groups is 1. The fraction of sp³-hybridized carbons (Fsp3) is 0.400. The molecule has 25 heavy (non-hydrogen) atoms. The zero-order valence-electron chi connectivity index (χ0n) is 13.6. The lowest BCUT2D eigenvalue weighted by Crippen LogP contribution is -2.46. The third-order valence-electron chi connectivity index (χ3n) is 3.42. The number of hydrogen-bond acceptors (Lipinski definition) is 5. The van der Waals surface area contributed by atoms with Gasteiger partial charge in [-0.1, -0.05) is 12.1 Å². The maximum absolute atomic E-state index is 12.0. The van der Waals surface area contributed by atoms with E-state index in [1.54, 1.807) is 17.3 Å². The summed E-state index contributed by atoms with van der Waals surface area (Å²) in [5.41, 5.74) is 0.860. The van der Waals surface area contributed by atoms with E-state index in [0.717, 1.165) is 15.2 Å². The number of aromatic nitrogens is 1. The molecule has 136 valence electrons. The summed E-state index contributed by atoms with van der Waals surface area (Å²) in [6.07, 6.45) is -4.53. The van der Waals surface area contributed by atoms with Crippen molar-refractivity contribution in [3.8, 4) is 0 Å². The number of rotatable bonds is 5. The number of nitrogens with zero attached hydrogens (tertiary/aromatic N) is 2. The quantitative estimate of drug-likeness (QED) is 0.844. The van der Waals surface area contributed by atoms with Gasteiger partial charge in [0.15, 0.2) is 0 Å². The molecule has 2 aromatic rings. The van der Waals surface area contributed by atoms with Crippen LogP contribution in [0.15, 0.2) is 24.3 Å². The summed E-state index contributed by atoms with van der Waals surface area (Å²) in [5.74, 6) is -0.699. The van der Waals surface area contributed by atoms with E-state index in [9.17, 15) is 22.8 Å². The number of thiazole rings is 1. The van der Waals surface area contributed by atoms with Crippen LogP contribution in [-0.4, -0.2) is 48.1 Å². The van der Waals surface area contributed by atoms with Gasteiger partial charge >= 0.3 is 12.2 Å². The molecule has 6 nitrogen and oxygen atoms in total. The average molecular weight is 374 g/mol. The molecule has 0 saturated carbocycles. The van der Waals surface area contributed by atoms with Gasteiger partial charge in [-0.2, -0.15) is 13.2 Å². The molecule has 0 aliphatic carbocycles. The molecule has 10 heteroatoms.